The summed E-state index contributed by atoms with van der Waals surface area (Å²) in [5.74, 6) is 0. The van der Waals surface area contributed by atoms with Crippen LogP contribution in [-0.4, -0.2) is 16.2 Å². The Hall–Kier alpha value is 0.400. The van der Waals surface area contributed by atoms with Crippen molar-refractivity contribution in [2.45, 2.75) is 33.3 Å². The van der Waals surface area contributed by atoms with Gasteiger partial charge in [-0.1, -0.05) is 36.7 Å². The van der Waals surface area contributed by atoms with Crippen molar-refractivity contribution in [1.29, 1.82) is 0 Å². The molecule has 0 rings (SSSR count). The van der Waals surface area contributed by atoms with Crippen LogP contribution >= 0.6 is 15.9 Å². The minimum absolute atomic E-state index is 0.0642. The van der Waals surface area contributed by atoms with Crippen molar-refractivity contribution in [3.63, 3.8) is 0 Å². The molecule has 0 radical (unpaired) electrons. The molecular formula is C7H15BrO2. The molecule has 0 saturated heterocycles. The van der Waals surface area contributed by atoms with Crippen LogP contribution in [0.1, 0.15) is 27.7 Å². The molecule has 0 spiro atoms. The van der Waals surface area contributed by atoms with Gasteiger partial charge in [-0.25, -0.2) is 4.89 Å². The van der Waals surface area contributed by atoms with Gasteiger partial charge in [0.25, 0.3) is 0 Å². The summed E-state index contributed by atoms with van der Waals surface area (Å²) in [4.78, 5) is 4.40. The molecule has 0 aliphatic heterocycles. The zero-order valence-electron chi connectivity index (χ0n) is 6.94. The molecule has 0 aliphatic rings. The Kier molecular flexibility index (Phi) is 3.33. The van der Waals surface area contributed by atoms with E-state index in [1.165, 1.54) is 0 Å². The average molecular weight is 211 g/mol. The van der Waals surface area contributed by atoms with Gasteiger partial charge < -0.3 is 0 Å². The summed E-state index contributed by atoms with van der Waals surface area (Å²) < 4.78 is 0. The zero-order valence-corrected chi connectivity index (χ0v) is 8.53. The maximum absolute atomic E-state index is 8.59. The summed E-state index contributed by atoms with van der Waals surface area (Å²) in [6, 6.07) is 0. The van der Waals surface area contributed by atoms with E-state index < -0.39 is 5.60 Å². The molecule has 2 nitrogen and oxygen atoms in total. The van der Waals surface area contributed by atoms with E-state index in [0.29, 0.717) is 5.33 Å². The number of hydrogen-bond donors (Lipinski definition) is 1. The van der Waals surface area contributed by atoms with Crippen LogP contribution in [-0.2, 0) is 4.89 Å². The van der Waals surface area contributed by atoms with E-state index in [9.17, 15) is 0 Å². The second-order valence-electron chi connectivity index (χ2n) is 3.71. The summed E-state index contributed by atoms with van der Waals surface area (Å²) in [5.41, 5.74) is -0.571. The molecule has 10 heavy (non-hydrogen) atoms. The summed E-state index contributed by atoms with van der Waals surface area (Å²) >= 11 is 3.28. The fraction of sp³-hybridized carbons (Fsp3) is 1.00. The van der Waals surface area contributed by atoms with Crippen molar-refractivity contribution in [3.8, 4) is 0 Å². The van der Waals surface area contributed by atoms with Crippen molar-refractivity contribution >= 4 is 15.9 Å². The minimum Gasteiger partial charge on any atom is -0.251 e. The highest BCUT2D eigenvalue weighted by molar-refractivity contribution is 9.09. The highest BCUT2D eigenvalue weighted by Crippen LogP contribution is 2.33. The van der Waals surface area contributed by atoms with Gasteiger partial charge in [0, 0.05) is 5.33 Å². The monoisotopic (exact) mass is 210 g/mol. The van der Waals surface area contributed by atoms with E-state index in [2.05, 4.69) is 20.8 Å². The summed E-state index contributed by atoms with van der Waals surface area (Å²) in [7, 11) is 0. The van der Waals surface area contributed by atoms with Crippen molar-refractivity contribution in [2.75, 3.05) is 5.33 Å². The first-order chi connectivity index (χ1) is 4.37. The molecule has 1 N–H and O–H groups in total. The minimum atomic E-state index is -0.507. The maximum Gasteiger partial charge on any atom is 0.115 e. The third-order valence-corrected chi connectivity index (χ3v) is 3.11. The second-order valence-corrected chi connectivity index (χ2v) is 4.27. The number of hydrogen-bond acceptors (Lipinski definition) is 2. The van der Waals surface area contributed by atoms with E-state index >= 15 is 0 Å². The molecule has 1 atom stereocenters. The first-order valence-electron chi connectivity index (χ1n) is 3.26. The fourth-order valence-electron chi connectivity index (χ4n) is 0.362. The van der Waals surface area contributed by atoms with Crippen LogP contribution in [0.3, 0.4) is 0 Å². The molecule has 0 heterocycles. The largest absolute Gasteiger partial charge is 0.251 e. The van der Waals surface area contributed by atoms with Gasteiger partial charge in [0.1, 0.15) is 5.60 Å². The maximum atomic E-state index is 8.59. The van der Waals surface area contributed by atoms with E-state index in [0.717, 1.165) is 0 Å². The lowest BCUT2D eigenvalue weighted by atomic mass is 9.79. The Bertz CT molecular complexity index is 103. The van der Waals surface area contributed by atoms with Gasteiger partial charge in [0.15, 0.2) is 0 Å². The Morgan fingerprint density at radius 2 is 1.70 bits per heavy atom. The molecule has 1 unspecified atom stereocenters. The van der Waals surface area contributed by atoms with E-state index in [-0.39, 0.29) is 5.41 Å². The van der Waals surface area contributed by atoms with Crippen LogP contribution in [0.4, 0.5) is 0 Å². The standard InChI is InChI=1S/C7H15BrO2/c1-6(2,3)7(4,5-8)10-9/h9H,5H2,1-4H3. The Morgan fingerprint density at radius 1 is 1.30 bits per heavy atom. The predicted octanol–water partition coefficient (Wildman–Crippen LogP) is 2.68. The quantitative estimate of drug-likeness (QED) is 0.432. The summed E-state index contributed by atoms with van der Waals surface area (Å²) in [6.07, 6.45) is 0. The molecule has 0 bridgehead atoms. The van der Waals surface area contributed by atoms with Gasteiger partial charge in [-0.2, -0.15) is 0 Å². The van der Waals surface area contributed by atoms with Gasteiger partial charge in [-0.15, -0.1) is 0 Å². The zero-order chi connectivity index (χ0) is 8.41. The lowest BCUT2D eigenvalue weighted by Gasteiger charge is -2.36. The van der Waals surface area contributed by atoms with E-state index in [1.807, 2.05) is 27.7 Å². The Labute approximate surface area is 70.6 Å². The molecule has 0 aromatic heterocycles. The topological polar surface area (TPSA) is 29.5 Å². The van der Waals surface area contributed by atoms with Gasteiger partial charge in [-0.05, 0) is 12.3 Å². The molecule has 3 heteroatoms. The Balaban J connectivity index is 4.33. The highest BCUT2D eigenvalue weighted by Gasteiger charge is 2.38. The van der Waals surface area contributed by atoms with Crippen LogP contribution < -0.4 is 0 Å². The molecule has 62 valence electrons. The van der Waals surface area contributed by atoms with Crippen LogP contribution in [0.2, 0.25) is 0 Å². The molecule has 0 saturated carbocycles. The third-order valence-electron chi connectivity index (χ3n) is 2.04. The fourth-order valence-corrected chi connectivity index (χ4v) is 1.31. The first-order valence-corrected chi connectivity index (χ1v) is 4.38. The van der Waals surface area contributed by atoms with Crippen LogP contribution in [0.15, 0.2) is 0 Å². The van der Waals surface area contributed by atoms with Crippen molar-refractivity contribution < 1.29 is 10.1 Å². The van der Waals surface area contributed by atoms with Crippen LogP contribution in [0, 0.1) is 5.41 Å². The van der Waals surface area contributed by atoms with Crippen molar-refractivity contribution in [3.05, 3.63) is 0 Å². The molecule has 0 aliphatic carbocycles. The van der Waals surface area contributed by atoms with Crippen molar-refractivity contribution in [1.82, 2.24) is 0 Å². The first kappa shape index (κ1) is 10.4. The smallest absolute Gasteiger partial charge is 0.115 e. The van der Waals surface area contributed by atoms with E-state index in [4.69, 9.17) is 5.26 Å². The molecule has 0 aromatic carbocycles. The van der Waals surface area contributed by atoms with Crippen molar-refractivity contribution in [2.24, 2.45) is 5.41 Å². The van der Waals surface area contributed by atoms with Crippen LogP contribution in [0.5, 0.6) is 0 Å². The molecular weight excluding hydrogens is 196 g/mol. The Morgan fingerprint density at radius 3 is 1.70 bits per heavy atom. The highest BCUT2D eigenvalue weighted by atomic mass is 79.9. The van der Waals surface area contributed by atoms with Gasteiger partial charge in [0.05, 0.1) is 0 Å². The van der Waals surface area contributed by atoms with Gasteiger partial charge in [-0.3, -0.25) is 5.26 Å². The van der Waals surface area contributed by atoms with E-state index in [1.54, 1.807) is 0 Å². The van der Waals surface area contributed by atoms with Crippen LogP contribution in [0.25, 0.3) is 0 Å². The normalized spacial score (nSPS) is 18.6. The molecule has 0 fully saturated rings. The summed E-state index contributed by atoms with van der Waals surface area (Å²) in [5, 5.41) is 9.22. The number of alkyl halides is 1. The SMILES string of the molecule is CC(C)(C)C(C)(CBr)OO. The van der Waals surface area contributed by atoms with Gasteiger partial charge >= 0.3 is 0 Å². The molecule has 0 amide bonds. The lowest BCUT2D eigenvalue weighted by molar-refractivity contribution is -0.335. The third kappa shape index (κ3) is 1.94. The van der Waals surface area contributed by atoms with Gasteiger partial charge in [0.2, 0.25) is 0 Å². The number of rotatable bonds is 2. The summed E-state index contributed by atoms with van der Waals surface area (Å²) in [6.45, 7) is 7.92. The predicted molar refractivity (Wildman–Crippen MR) is 45.4 cm³/mol. The molecule has 0 aromatic rings. The average Bonchev–Trinajstić information content (AvgIpc) is 1.84. The number of halogens is 1. The lowest BCUT2D eigenvalue weighted by Crippen LogP contribution is -2.43. The second kappa shape index (κ2) is 3.20.